The quantitative estimate of drug-likeness (QED) is 0.731. The molecule has 3 rings (SSSR count). The number of fused-ring (bicyclic) bond motifs is 2. The molecule has 1 aromatic heterocycles. The second kappa shape index (κ2) is 4.38. The van der Waals surface area contributed by atoms with Crippen LogP contribution in [0, 0.1) is 0 Å². The van der Waals surface area contributed by atoms with Crippen molar-refractivity contribution in [2.45, 2.75) is 43.9 Å². The van der Waals surface area contributed by atoms with Crippen molar-refractivity contribution in [1.29, 1.82) is 0 Å². The summed E-state index contributed by atoms with van der Waals surface area (Å²) in [4.78, 5) is 17.5. The predicted octanol–water partition coefficient (Wildman–Crippen LogP) is 0.854. The van der Waals surface area contributed by atoms with Gasteiger partial charge >= 0.3 is 5.97 Å². The molecule has 0 aromatic carbocycles. The summed E-state index contributed by atoms with van der Waals surface area (Å²) in [6.07, 6.45) is 4.66. The smallest absolute Gasteiger partial charge is 0.337 e. The minimum absolute atomic E-state index is 0.0931. The van der Waals surface area contributed by atoms with Gasteiger partial charge in [0.2, 0.25) is 0 Å². The molecule has 2 unspecified atom stereocenters. The molecule has 2 saturated heterocycles. The average molecular weight is 263 g/mol. The van der Waals surface area contributed by atoms with E-state index in [1.165, 1.54) is 6.20 Å². The van der Waals surface area contributed by atoms with Crippen molar-refractivity contribution in [2.24, 2.45) is 0 Å². The molecule has 0 amide bonds. The average Bonchev–Trinajstić information content (AvgIpc) is 2.63. The topological polar surface area (TPSA) is 99.7 Å². The molecule has 0 aliphatic carbocycles. The van der Waals surface area contributed by atoms with Gasteiger partial charge in [0.05, 0.1) is 23.6 Å². The molecule has 19 heavy (non-hydrogen) atoms. The normalized spacial score (nSPS) is 29.5. The lowest BCUT2D eigenvalue weighted by Gasteiger charge is -2.38. The molecular formula is C13H17N3O3. The summed E-state index contributed by atoms with van der Waals surface area (Å²) >= 11 is 0. The van der Waals surface area contributed by atoms with Crippen LogP contribution in [0.15, 0.2) is 12.3 Å². The van der Waals surface area contributed by atoms with Crippen molar-refractivity contribution in [3.05, 3.63) is 17.8 Å². The highest BCUT2D eigenvalue weighted by molar-refractivity contribution is 5.94. The Morgan fingerprint density at radius 2 is 2.00 bits per heavy atom. The summed E-state index contributed by atoms with van der Waals surface area (Å²) in [6, 6.07) is 2.05. The van der Waals surface area contributed by atoms with Crippen LogP contribution < -0.4 is 10.6 Å². The second-order valence-corrected chi connectivity index (χ2v) is 5.35. The number of aromatic carboxylic acids is 1. The number of hydrogen-bond donors (Lipinski definition) is 3. The fourth-order valence-electron chi connectivity index (χ4n) is 3.30. The maximum atomic E-state index is 11.1. The predicted molar refractivity (Wildman–Crippen MR) is 70.1 cm³/mol. The Balaban J connectivity index is 1.95. The first-order valence-electron chi connectivity index (χ1n) is 6.51. The molecule has 2 aliphatic rings. The highest BCUT2D eigenvalue weighted by Gasteiger charge is 2.41. The van der Waals surface area contributed by atoms with Crippen LogP contribution in [0.4, 0.5) is 11.5 Å². The van der Waals surface area contributed by atoms with E-state index in [0.717, 1.165) is 25.7 Å². The molecule has 6 nitrogen and oxygen atoms in total. The first kappa shape index (κ1) is 12.2. The molecule has 0 spiro atoms. The van der Waals surface area contributed by atoms with Gasteiger partial charge in [-0.1, -0.05) is 0 Å². The molecule has 4 N–H and O–H groups in total. The zero-order valence-corrected chi connectivity index (χ0v) is 10.5. The zero-order chi connectivity index (χ0) is 13.6. The lowest BCUT2D eigenvalue weighted by Crippen LogP contribution is -2.45. The lowest BCUT2D eigenvalue weighted by molar-refractivity contribution is 0.0697. The van der Waals surface area contributed by atoms with Crippen molar-refractivity contribution in [3.63, 3.8) is 0 Å². The van der Waals surface area contributed by atoms with E-state index in [1.54, 1.807) is 6.07 Å². The number of nitrogens with zero attached hydrogens (tertiary/aromatic N) is 2. The van der Waals surface area contributed by atoms with Crippen LogP contribution in [0.2, 0.25) is 0 Å². The standard InChI is InChI=1S/C13H17N3O3/c14-11-6-15-12(5-10(11)13(18)19)16-7-1-2-8(16)4-9(17)3-7/h5-9,17H,1-4,14H2,(H,18,19). The lowest BCUT2D eigenvalue weighted by atomic mass is 9.99. The molecule has 102 valence electrons. The number of hydrogen-bond acceptors (Lipinski definition) is 5. The van der Waals surface area contributed by atoms with Gasteiger partial charge in [0, 0.05) is 12.1 Å². The number of aliphatic hydroxyl groups excluding tert-OH is 1. The van der Waals surface area contributed by atoms with Crippen LogP contribution in [0.5, 0.6) is 0 Å². The third kappa shape index (κ3) is 2.02. The van der Waals surface area contributed by atoms with E-state index in [4.69, 9.17) is 10.8 Å². The number of carboxylic acids is 1. The number of piperidine rings is 1. The van der Waals surface area contributed by atoms with Gasteiger partial charge in [-0.3, -0.25) is 0 Å². The molecular weight excluding hydrogens is 246 g/mol. The minimum atomic E-state index is -1.04. The van der Waals surface area contributed by atoms with Crippen molar-refractivity contribution in [2.75, 3.05) is 10.6 Å². The van der Waals surface area contributed by atoms with Crippen LogP contribution in [0.3, 0.4) is 0 Å². The summed E-state index contributed by atoms with van der Waals surface area (Å²) in [5.74, 6) is -0.378. The summed E-state index contributed by atoms with van der Waals surface area (Å²) in [5, 5.41) is 18.9. The van der Waals surface area contributed by atoms with E-state index >= 15 is 0 Å². The van der Waals surface area contributed by atoms with Crippen LogP contribution in [-0.2, 0) is 0 Å². The summed E-state index contributed by atoms with van der Waals surface area (Å²) < 4.78 is 0. The van der Waals surface area contributed by atoms with Crippen LogP contribution >= 0.6 is 0 Å². The fraction of sp³-hybridized carbons (Fsp3) is 0.538. The summed E-state index contributed by atoms with van der Waals surface area (Å²) in [7, 11) is 0. The van der Waals surface area contributed by atoms with Crippen molar-refractivity contribution in [1.82, 2.24) is 4.98 Å². The Labute approximate surface area is 110 Å². The second-order valence-electron chi connectivity index (χ2n) is 5.35. The molecule has 2 aliphatic heterocycles. The van der Waals surface area contributed by atoms with Crippen LogP contribution in [-0.4, -0.2) is 39.4 Å². The zero-order valence-electron chi connectivity index (χ0n) is 10.5. The minimum Gasteiger partial charge on any atom is -0.478 e. The first-order chi connectivity index (χ1) is 9.06. The molecule has 6 heteroatoms. The van der Waals surface area contributed by atoms with Gasteiger partial charge in [-0.2, -0.15) is 0 Å². The number of nitrogen functional groups attached to an aromatic ring is 1. The number of carboxylic acid groups (broad SMARTS) is 1. The summed E-state index contributed by atoms with van der Waals surface area (Å²) in [6.45, 7) is 0. The van der Waals surface area contributed by atoms with E-state index in [-0.39, 0.29) is 29.4 Å². The highest BCUT2D eigenvalue weighted by atomic mass is 16.4. The SMILES string of the molecule is Nc1cnc(N2C3CCC2CC(O)C3)cc1C(=O)O. The summed E-state index contributed by atoms with van der Waals surface area (Å²) in [5.41, 5.74) is 5.90. The maximum Gasteiger partial charge on any atom is 0.337 e. The van der Waals surface area contributed by atoms with E-state index in [9.17, 15) is 9.90 Å². The number of nitrogens with two attached hydrogens (primary N) is 1. The third-order valence-corrected chi connectivity index (χ3v) is 4.12. The van der Waals surface area contributed by atoms with E-state index in [1.807, 2.05) is 0 Å². The van der Waals surface area contributed by atoms with Gasteiger partial charge < -0.3 is 20.8 Å². The molecule has 0 saturated carbocycles. The van der Waals surface area contributed by atoms with Crippen molar-refractivity contribution < 1.29 is 15.0 Å². The number of aromatic nitrogens is 1. The van der Waals surface area contributed by atoms with Gasteiger partial charge in [-0.25, -0.2) is 9.78 Å². The molecule has 2 fully saturated rings. The fourth-order valence-corrected chi connectivity index (χ4v) is 3.30. The monoisotopic (exact) mass is 263 g/mol. The van der Waals surface area contributed by atoms with Gasteiger partial charge in [0.15, 0.2) is 0 Å². The van der Waals surface area contributed by atoms with Crippen molar-refractivity contribution >= 4 is 17.5 Å². The van der Waals surface area contributed by atoms with E-state index < -0.39 is 5.97 Å². The number of pyridine rings is 1. The Hall–Kier alpha value is -1.82. The Kier molecular flexibility index (Phi) is 2.82. The van der Waals surface area contributed by atoms with E-state index in [0.29, 0.717) is 5.82 Å². The molecule has 1 aromatic rings. The largest absolute Gasteiger partial charge is 0.478 e. The van der Waals surface area contributed by atoms with E-state index in [2.05, 4.69) is 9.88 Å². The van der Waals surface area contributed by atoms with Gasteiger partial charge in [-0.05, 0) is 31.7 Å². The maximum absolute atomic E-state index is 11.1. The van der Waals surface area contributed by atoms with Crippen LogP contribution in [0.1, 0.15) is 36.0 Å². The third-order valence-electron chi connectivity index (χ3n) is 4.12. The number of rotatable bonds is 2. The number of anilines is 2. The molecule has 2 bridgehead atoms. The van der Waals surface area contributed by atoms with Crippen molar-refractivity contribution in [3.8, 4) is 0 Å². The Bertz CT molecular complexity index is 506. The number of carbonyl (C=O) groups is 1. The highest BCUT2D eigenvalue weighted by Crippen LogP contribution is 2.39. The molecule has 0 radical (unpaired) electrons. The van der Waals surface area contributed by atoms with Gasteiger partial charge in [0.1, 0.15) is 5.82 Å². The Morgan fingerprint density at radius 3 is 2.58 bits per heavy atom. The first-order valence-corrected chi connectivity index (χ1v) is 6.51. The molecule has 3 heterocycles. The van der Waals surface area contributed by atoms with Gasteiger partial charge in [-0.15, -0.1) is 0 Å². The number of aliphatic hydroxyl groups is 1. The molecule has 2 atom stereocenters. The van der Waals surface area contributed by atoms with Gasteiger partial charge in [0.25, 0.3) is 0 Å². The Morgan fingerprint density at radius 1 is 1.37 bits per heavy atom. The van der Waals surface area contributed by atoms with Crippen LogP contribution in [0.25, 0.3) is 0 Å².